The fourth-order valence-corrected chi connectivity index (χ4v) is 3.46. The van der Waals surface area contributed by atoms with Crippen LogP contribution in [0.4, 0.5) is 11.4 Å². The largest absolute Gasteiger partial charge is 0.356 e. The highest BCUT2D eigenvalue weighted by Gasteiger charge is 2.06. The molecule has 0 bridgehead atoms. The van der Waals surface area contributed by atoms with Gasteiger partial charge in [0.25, 0.3) is 0 Å². The van der Waals surface area contributed by atoms with Crippen LogP contribution in [0.1, 0.15) is 0 Å². The standard InChI is InChI=1S/C24H18N2/c1-2-6-19(7-3-1)25-20-13-10-17(11-14-20)18-12-15-24-22(16-18)21-8-4-5-9-23(21)26-24/h1-16,25-26H. The number of aromatic amines is 1. The van der Waals surface area contributed by atoms with E-state index in [0.29, 0.717) is 0 Å². The summed E-state index contributed by atoms with van der Waals surface area (Å²) in [5.41, 5.74) is 7.00. The molecule has 2 nitrogen and oxygen atoms in total. The quantitative estimate of drug-likeness (QED) is 0.376. The molecule has 0 saturated heterocycles. The summed E-state index contributed by atoms with van der Waals surface area (Å²) >= 11 is 0. The average molecular weight is 334 g/mol. The van der Waals surface area contributed by atoms with E-state index in [-0.39, 0.29) is 0 Å². The number of rotatable bonds is 3. The van der Waals surface area contributed by atoms with Crippen molar-refractivity contribution in [3.63, 3.8) is 0 Å². The Morgan fingerprint density at radius 2 is 1.15 bits per heavy atom. The molecule has 0 atom stereocenters. The lowest BCUT2D eigenvalue weighted by molar-refractivity contribution is 1.53. The molecule has 0 radical (unpaired) electrons. The van der Waals surface area contributed by atoms with Crippen molar-refractivity contribution in [2.45, 2.75) is 0 Å². The molecule has 0 spiro atoms. The number of anilines is 2. The molecule has 26 heavy (non-hydrogen) atoms. The van der Waals surface area contributed by atoms with Crippen LogP contribution in [0.25, 0.3) is 32.9 Å². The van der Waals surface area contributed by atoms with Crippen LogP contribution in [0, 0.1) is 0 Å². The van der Waals surface area contributed by atoms with E-state index in [2.05, 4.69) is 89.2 Å². The lowest BCUT2D eigenvalue weighted by Crippen LogP contribution is -1.89. The normalized spacial score (nSPS) is 11.1. The van der Waals surface area contributed by atoms with E-state index < -0.39 is 0 Å². The molecule has 1 heterocycles. The second-order valence-corrected chi connectivity index (χ2v) is 6.50. The molecule has 0 fully saturated rings. The van der Waals surface area contributed by atoms with Crippen molar-refractivity contribution in [2.75, 3.05) is 5.32 Å². The molecular weight excluding hydrogens is 316 g/mol. The van der Waals surface area contributed by atoms with Crippen LogP contribution in [0.15, 0.2) is 97.1 Å². The minimum absolute atomic E-state index is 1.09. The molecule has 0 aliphatic heterocycles. The molecular formula is C24H18N2. The number of nitrogens with one attached hydrogen (secondary N) is 2. The van der Waals surface area contributed by atoms with Gasteiger partial charge in [-0.1, -0.05) is 54.6 Å². The summed E-state index contributed by atoms with van der Waals surface area (Å²) in [6, 6.07) is 33.9. The Balaban J connectivity index is 1.50. The molecule has 2 N–H and O–H groups in total. The van der Waals surface area contributed by atoms with Gasteiger partial charge in [-0.2, -0.15) is 0 Å². The van der Waals surface area contributed by atoms with E-state index >= 15 is 0 Å². The Kier molecular flexibility index (Phi) is 3.46. The van der Waals surface area contributed by atoms with Crippen LogP contribution in [0.3, 0.4) is 0 Å². The minimum atomic E-state index is 1.09. The van der Waals surface area contributed by atoms with E-state index in [1.54, 1.807) is 0 Å². The molecule has 0 unspecified atom stereocenters. The van der Waals surface area contributed by atoms with Gasteiger partial charge in [-0.25, -0.2) is 0 Å². The SMILES string of the molecule is c1ccc(Nc2ccc(-c3ccc4[nH]c5ccccc5c4c3)cc2)cc1. The van der Waals surface area contributed by atoms with Crippen LogP contribution in [-0.4, -0.2) is 4.98 Å². The fraction of sp³-hybridized carbons (Fsp3) is 0. The second-order valence-electron chi connectivity index (χ2n) is 6.50. The van der Waals surface area contributed by atoms with Gasteiger partial charge in [0, 0.05) is 33.2 Å². The number of H-pyrrole nitrogens is 1. The molecule has 1 aromatic heterocycles. The number of aromatic nitrogens is 1. The molecule has 0 saturated carbocycles. The topological polar surface area (TPSA) is 27.8 Å². The van der Waals surface area contributed by atoms with Crippen LogP contribution in [0.2, 0.25) is 0 Å². The summed E-state index contributed by atoms with van der Waals surface area (Å²) in [5.74, 6) is 0. The number of hydrogen-bond donors (Lipinski definition) is 2. The number of benzene rings is 4. The zero-order valence-electron chi connectivity index (χ0n) is 14.2. The first-order valence-electron chi connectivity index (χ1n) is 8.80. The minimum Gasteiger partial charge on any atom is -0.356 e. The summed E-state index contributed by atoms with van der Waals surface area (Å²) in [6.45, 7) is 0. The molecule has 124 valence electrons. The predicted octanol–water partition coefficient (Wildman–Crippen LogP) is 6.73. The predicted molar refractivity (Wildman–Crippen MR) is 111 cm³/mol. The summed E-state index contributed by atoms with van der Waals surface area (Å²) in [5, 5.41) is 5.97. The van der Waals surface area contributed by atoms with Gasteiger partial charge in [-0.05, 0) is 53.6 Å². The zero-order chi connectivity index (χ0) is 17.3. The van der Waals surface area contributed by atoms with Crippen molar-refractivity contribution >= 4 is 33.2 Å². The molecule has 4 aromatic carbocycles. The van der Waals surface area contributed by atoms with Crippen molar-refractivity contribution in [1.29, 1.82) is 0 Å². The number of hydrogen-bond acceptors (Lipinski definition) is 1. The van der Waals surface area contributed by atoms with Crippen molar-refractivity contribution in [2.24, 2.45) is 0 Å². The summed E-state index contributed by atoms with van der Waals surface area (Å²) in [4.78, 5) is 3.48. The van der Waals surface area contributed by atoms with E-state index in [0.717, 1.165) is 11.4 Å². The van der Waals surface area contributed by atoms with Crippen molar-refractivity contribution in [1.82, 2.24) is 4.98 Å². The first-order chi connectivity index (χ1) is 12.9. The van der Waals surface area contributed by atoms with Gasteiger partial charge in [-0.3, -0.25) is 0 Å². The highest BCUT2D eigenvalue weighted by molar-refractivity contribution is 6.08. The maximum Gasteiger partial charge on any atom is 0.0465 e. The van der Waals surface area contributed by atoms with E-state index in [1.807, 2.05) is 18.2 Å². The van der Waals surface area contributed by atoms with Crippen LogP contribution in [0.5, 0.6) is 0 Å². The van der Waals surface area contributed by atoms with Gasteiger partial charge in [0.05, 0.1) is 0 Å². The summed E-state index contributed by atoms with van der Waals surface area (Å²) in [7, 11) is 0. The highest BCUT2D eigenvalue weighted by atomic mass is 14.9. The maximum absolute atomic E-state index is 3.48. The lowest BCUT2D eigenvalue weighted by atomic mass is 10.0. The van der Waals surface area contributed by atoms with Crippen molar-refractivity contribution in [3.8, 4) is 11.1 Å². The molecule has 0 amide bonds. The third kappa shape index (κ3) is 2.62. The monoisotopic (exact) mass is 334 g/mol. The van der Waals surface area contributed by atoms with Gasteiger partial charge >= 0.3 is 0 Å². The first kappa shape index (κ1) is 14.8. The molecule has 5 rings (SSSR count). The van der Waals surface area contributed by atoms with E-state index in [4.69, 9.17) is 0 Å². The average Bonchev–Trinajstić information content (AvgIpc) is 3.07. The zero-order valence-corrected chi connectivity index (χ0v) is 14.2. The lowest BCUT2D eigenvalue weighted by Gasteiger charge is -2.08. The number of fused-ring (bicyclic) bond motifs is 3. The Morgan fingerprint density at radius 3 is 2.00 bits per heavy atom. The van der Waals surface area contributed by atoms with Gasteiger partial charge in [0.15, 0.2) is 0 Å². The maximum atomic E-state index is 3.48. The second kappa shape index (κ2) is 6.08. The third-order valence-corrected chi connectivity index (χ3v) is 4.79. The van der Waals surface area contributed by atoms with Crippen LogP contribution >= 0.6 is 0 Å². The molecule has 0 aliphatic carbocycles. The molecule has 5 aromatic rings. The summed E-state index contributed by atoms with van der Waals surface area (Å²) < 4.78 is 0. The smallest absolute Gasteiger partial charge is 0.0465 e. The van der Waals surface area contributed by atoms with Gasteiger partial charge in [0.2, 0.25) is 0 Å². The first-order valence-corrected chi connectivity index (χ1v) is 8.80. The Labute approximate surface area is 152 Å². The van der Waals surface area contributed by atoms with Crippen molar-refractivity contribution in [3.05, 3.63) is 97.1 Å². The van der Waals surface area contributed by atoms with Crippen LogP contribution < -0.4 is 5.32 Å². The highest BCUT2D eigenvalue weighted by Crippen LogP contribution is 2.30. The van der Waals surface area contributed by atoms with Crippen LogP contribution in [-0.2, 0) is 0 Å². The third-order valence-electron chi connectivity index (χ3n) is 4.79. The number of para-hydroxylation sites is 2. The fourth-order valence-electron chi connectivity index (χ4n) is 3.46. The van der Waals surface area contributed by atoms with Gasteiger partial charge < -0.3 is 10.3 Å². The van der Waals surface area contributed by atoms with Gasteiger partial charge in [0.1, 0.15) is 0 Å². The van der Waals surface area contributed by atoms with Crippen molar-refractivity contribution < 1.29 is 0 Å². The van der Waals surface area contributed by atoms with Gasteiger partial charge in [-0.15, -0.1) is 0 Å². The Hall–Kier alpha value is -3.52. The van der Waals surface area contributed by atoms with E-state index in [1.165, 1.54) is 32.9 Å². The Bertz CT molecular complexity index is 1190. The van der Waals surface area contributed by atoms with E-state index in [9.17, 15) is 0 Å². The molecule has 2 heteroatoms. The Morgan fingerprint density at radius 1 is 0.500 bits per heavy atom. The summed E-state index contributed by atoms with van der Waals surface area (Å²) in [6.07, 6.45) is 0. The molecule has 0 aliphatic rings.